The summed E-state index contributed by atoms with van der Waals surface area (Å²) in [5.74, 6) is -0.0878. The molecule has 1 heterocycles. The van der Waals surface area contributed by atoms with E-state index in [4.69, 9.17) is 9.47 Å². The van der Waals surface area contributed by atoms with Crippen molar-refractivity contribution in [3.8, 4) is 0 Å². The number of piperidine rings is 1. The minimum absolute atomic E-state index is 0.0423. The molecule has 0 aromatic heterocycles. The van der Waals surface area contributed by atoms with Crippen LogP contribution in [0.25, 0.3) is 0 Å². The van der Waals surface area contributed by atoms with Crippen molar-refractivity contribution >= 4 is 18.0 Å². The van der Waals surface area contributed by atoms with Gasteiger partial charge in [0.1, 0.15) is 5.60 Å². The molecule has 0 bridgehead atoms. The van der Waals surface area contributed by atoms with Gasteiger partial charge in [-0.15, -0.1) is 0 Å². The van der Waals surface area contributed by atoms with Gasteiger partial charge >= 0.3 is 12.1 Å². The number of alkyl carbamates (subject to hydrolysis) is 1. The van der Waals surface area contributed by atoms with E-state index in [0.29, 0.717) is 18.9 Å². The molecule has 2 rings (SSSR count). The molecule has 1 saturated carbocycles. The first-order chi connectivity index (χ1) is 12.2. The van der Waals surface area contributed by atoms with Crippen LogP contribution in [0.15, 0.2) is 0 Å². The first-order valence-electron chi connectivity index (χ1n) is 9.53. The van der Waals surface area contributed by atoms with Crippen LogP contribution in [0.1, 0.15) is 59.3 Å². The molecule has 2 aliphatic rings. The number of esters is 1. The van der Waals surface area contributed by atoms with E-state index in [1.165, 1.54) is 7.11 Å². The number of rotatable bonds is 4. The molecule has 1 aliphatic carbocycles. The maximum absolute atomic E-state index is 12.3. The quantitative estimate of drug-likeness (QED) is 0.771. The van der Waals surface area contributed by atoms with Gasteiger partial charge in [0.15, 0.2) is 0 Å². The molecule has 2 amide bonds. The third-order valence-corrected chi connectivity index (χ3v) is 5.10. The van der Waals surface area contributed by atoms with Gasteiger partial charge in [0.05, 0.1) is 13.0 Å². The zero-order valence-electron chi connectivity index (χ0n) is 16.4. The van der Waals surface area contributed by atoms with Gasteiger partial charge in [-0.05, 0) is 58.8 Å². The molecule has 26 heavy (non-hydrogen) atoms. The van der Waals surface area contributed by atoms with Gasteiger partial charge in [-0.2, -0.15) is 0 Å². The summed E-state index contributed by atoms with van der Waals surface area (Å²) >= 11 is 0. The first kappa shape index (κ1) is 20.5. The lowest BCUT2D eigenvalue weighted by molar-refractivity contribution is -0.152. The van der Waals surface area contributed by atoms with Crippen LogP contribution in [-0.4, -0.2) is 54.7 Å². The Labute approximate surface area is 155 Å². The Morgan fingerprint density at radius 3 is 2.35 bits per heavy atom. The monoisotopic (exact) mass is 368 g/mol. The number of methoxy groups -OCH3 is 1. The van der Waals surface area contributed by atoms with Gasteiger partial charge in [0.2, 0.25) is 5.91 Å². The van der Waals surface area contributed by atoms with Crippen molar-refractivity contribution in [2.24, 2.45) is 11.8 Å². The van der Waals surface area contributed by atoms with Crippen LogP contribution in [0.3, 0.4) is 0 Å². The number of nitrogens with zero attached hydrogens (tertiary/aromatic N) is 1. The van der Waals surface area contributed by atoms with E-state index < -0.39 is 5.60 Å². The summed E-state index contributed by atoms with van der Waals surface area (Å²) in [5.41, 5.74) is -0.488. The molecule has 2 fully saturated rings. The second-order valence-corrected chi connectivity index (χ2v) is 8.42. The molecule has 7 heteroatoms. The van der Waals surface area contributed by atoms with Gasteiger partial charge in [0.25, 0.3) is 0 Å². The molecule has 1 atom stereocenters. The van der Waals surface area contributed by atoms with Crippen LogP contribution in [0.5, 0.6) is 0 Å². The van der Waals surface area contributed by atoms with Crippen LogP contribution < -0.4 is 5.32 Å². The number of hydrogen-bond acceptors (Lipinski definition) is 5. The van der Waals surface area contributed by atoms with Gasteiger partial charge in [-0.3, -0.25) is 9.59 Å². The highest BCUT2D eigenvalue weighted by Crippen LogP contribution is 2.28. The van der Waals surface area contributed by atoms with Crippen LogP contribution in [0, 0.1) is 11.8 Å². The maximum atomic E-state index is 12.3. The minimum atomic E-state index is -0.488. The Bertz CT molecular complexity index is 521. The maximum Gasteiger partial charge on any atom is 0.407 e. The van der Waals surface area contributed by atoms with E-state index >= 15 is 0 Å². The fraction of sp³-hybridized carbons (Fsp3) is 0.842. The zero-order chi connectivity index (χ0) is 19.3. The molecule has 0 aromatic rings. The van der Waals surface area contributed by atoms with Crippen molar-refractivity contribution < 1.29 is 23.9 Å². The normalized spacial score (nSPS) is 27.0. The lowest BCUT2D eigenvalue weighted by atomic mass is 9.85. The van der Waals surface area contributed by atoms with E-state index in [1.54, 1.807) is 0 Å². The summed E-state index contributed by atoms with van der Waals surface area (Å²) in [4.78, 5) is 37.6. The number of ether oxygens (including phenoxy) is 2. The standard InChI is InChI=1S/C19H32N2O5/c1-19(2,3)26-18(24)20-15-7-5-13(6-8-15)12-21-10-9-14(11-16(21)22)17(23)25-4/h13-15H,5-12H2,1-4H3,(H,20,24). The Morgan fingerprint density at radius 2 is 1.81 bits per heavy atom. The zero-order valence-corrected chi connectivity index (χ0v) is 16.4. The van der Waals surface area contributed by atoms with Crippen molar-refractivity contribution in [3.05, 3.63) is 0 Å². The second-order valence-electron chi connectivity index (χ2n) is 8.42. The molecule has 1 unspecified atom stereocenters. The number of amides is 2. The fourth-order valence-corrected chi connectivity index (χ4v) is 3.71. The van der Waals surface area contributed by atoms with Crippen LogP contribution >= 0.6 is 0 Å². The number of carbonyl (C=O) groups excluding carboxylic acids is 3. The summed E-state index contributed by atoms with van der Waals surface area (Å²) < 4.78 is 10.0. The molecular weight excluding hydrogens is 336 g/mol. The highest BCUT2D eigenvalue weighted by Gasteiger charge is 2.33. The largest absolute Gasteiger partial charge is 0.469 e. The van der Waals surface area contributed by atoms with Crippen LogP contribution in [0.2, 0.25) is 0 Å². The van der Waals surface area contributed by atoms with E-state index in [9.17, 15) is 14.4 Å². The summed E-state index contributed by atoms with van der Waals surface area (Å²) in [6, 6.07) is 0.141. The van der Waals surface area contributed by atoms with Crippen molar-refractivity contribution in [3.63, 3.8) is 0 Å². The molecule has 1 aliphatic heterocycles. The number of hydrogen-bond donors (Lipinski definition) is 1. The van der Waals surface area contributed by atoms with Crippen LogP contribution in [-0.2, 0) is 19.1 Å². The van der Waals surface area contributed by atoms with Gasteiger partial charge in [-0.25, -0.2) is 4.79 Å². The molecule has 0 aromatic carbocycles. The highest BCUT2D eigenvalue weighted by molar-refractivity contribution is 5.84. The third kappa shape index (κ3) is 6.18. The summed E-state index contributed by atoms with van der Waals surface area (Å²) in [7, 11) is 1.36. The smallest absolute Gasteiger partial charge is 0.407 e. The highest BCUT2D eigenvalue weighted by atomic mass is 16.6. The molecule has 1 saturated heterocycles. The predicted octanol–water partition coefficient (Wildman–Crippen LogP) is 2.48. The Balaban J connectivity index is 1.71. The Hall–Kier alpha value is -1.79. The molecule has 7 nitrogen and oxygen atoms in total. The minimum Gasteiger partial charge on any atom is -0.469 e. The van der Waals surface area contributed by atoms with Crippen LogP contribution in [0.4, 0.5) is 4.79 Å². The first-order valence-corrected chi connectivity index (χ1v) is 9.53. The van der Waals surface area contributed by atoms with Crippen molar-refractivity contribution in [2.75, 3.05) is 20.2 Å². The molecule has 0 radical (unpaired) electrons. The Morgan fingerprint density at radius 1 is 1.15 bits per heavy atom. The summed E-state index contributed by atoms with van der Waals surface area (Å²) in [6.45, 7) is 6.91. The van der Waals surface area contributed by atoms with E-state index in [-0.39, 0.29) is 36.4 Å². The number of nitrogens with one attached hydrogen (secondary N) is 1. The van der Waals surface area contributed by atoms with E-state index in [2.05, 4.69) is 5.32 Å². The fourth-order valence-electron chi connectivity index (χ4n) is 3.71. The number of carbonyl (C=O) groups is 3. The van der Waals surface area contributed by atoms with Gasteiger partial charge in [-0.1, -0.05) is 0 Å². The second kappa shape index (κ2) is 8.73. The third-order valence-electron chi connectivity index (χ3n) is 5.10. The van der Waals surface area contributed by atoms with Gasteiger partial charge in [0, 0.05) is 25.6 Å². The van der Waals surface area contributed by atoms with E-state index in [1.807, 2.05) is 25.7 Å². The molecule has 1 N–H and O–H groups in total. The van der Waals surface area contributed by atoms with Gasteiger partial charge < -0.3 is 19.7 Å². The van der Waals surface area contributed by atoms with E-state index in [0.717, 1.165) is 32.2 Å². The predicted molar refractivity (Wildman–Crippen MR) is 96.4 cm³/mol. The Kier molecular flexibility index (Phi) is 6.89. The SMILES string of the molecule is COC(=O)C1CCN(CC2CCC(NC(=O)OC(C)(C)C)CC2)C(=O)C1. The lowest BCUT2D eigenvalue weighted by Gasteiger charge is -2.36. The average molecular weight is 368 g/mol. The molecular formula is C19H32N2O5. The molecule has 148 valence electrons. The summed E-state index contributed by atoms with van der Waals surface area (Å²) in [6.07, 6.45) is 4.32. The average Bonchev–Trinajstić information content (AvgIpc) is 2.56. The molecule has 0 spiro atoms. The lowest BCUT2D eigenvalue weighted by Crippen LogP contribution is -2.45. The topological polar surface area (TPSA) is 84.9 Å². The summed E-state index contributed by atoms with van der Waals surface area (Å²) in [5, 5.41) is 2.94. The van der Waals surface area contributed by atoms with Crippen molar-refractivity contribution in [2.45, 2.75) is 70.9 Å². The van der Waals surface area contributed by atoms with Crippen molar-refractivity contribution in [1.29, 1.82) is 0 Å². The number of likely N-dealkylation sites (tertiary alicyclic amines) is 1. The van der Waals surface area contributed by atoms with Crippen molar-refractivity contribution in [1.82, 2.24) is 10.2 Å².